The summed E-state index contributed by atoms with van der Waals surface area (Å²) in [5.41, 5.74) is 2.51. The Kier molecular flexibility index (Phi) is 9.82. The van der Waals surface area contributed by atoms with Gasteiger partial charge in [0.2, 0.25) is 21.8 Å². The lowest BCUT2D eigenvalue weighted by molar-refractivity contribution is -0.140. The highest BCUT2D eigenvalue weighted by Gasteiger charge is 2.32. The van der Waals surface area contributed by atoms with E-state index in [1.54, 1.807) is 45.0 Å². The lowest BCUT2D eigenvalue weighted by Crippen LogP contribution is -2.53. The first kappa shape index (κ1) is 28.3. The van der Waals surface area contributed by atoms with Crippen molar-refractivity contribution < 1.29 is 22.4 Å². The van der Waals surface area contributed by atoms with Crippen LogP contribution < -0.4 is 9.62 Å². The van der Waals surface area contributed by atoms with Crippen molar-refractivity contribution in [1.29, 1.82) is 0 Å². The van der Waals surface area contributed by atoms with Crippen LogP contribution in [0.4, 0.5) is 10.1 Å². The molecule has 7 nitrogen and oxygen atoms in total. The van der Waals surface area contributed by atoms with Crippen molar-refractivity contribution in [3.05, 3.63) is 65.0 Å². The summed E-state index contributed by atoms with van der Waals surface area (Å²) >= 11 is 0. The second-order valence-electron chi connectivity index (χ2n) is 8.90. The molecule has 0 saturated heterocycles. The fourth-order valence-corrected chi connectivity index (χ4v) is 4.89. The minimum atomic E-state index is -3.81. The number of rotatable bonds is 11. The summed E-state index contributed by atoms with van der Waals surface area (Å²) in [5.74, 6) is -1.24. The lowest BCUT2D eigenvalue weighted by atomic mass is 10.1. The Balaban J connectivity index is 2.49. The maximum atomic E-state index is 13.7. The Morgan fingerprint density at radius 3 is 2.06 bits per heavy atom. The highest BCUT2D eigenvalue weighted by Crippen LogP contribution is 2.27. The normalized spacial score (nSPS) is 13.1. The Morgan fingerprint density at radius 1 is 1.00 bits per heavy atom. The van der Waals surface area contributed by atoms with Gasteiger partial charge in [0.05, 0.1) is 11.9 Å². The third kappa shape index (κ3) is 7.52. The third-order valence-electron chi connectivity index (χ3n) is 6.02. The summed E-state index contributed by atoms with van der Waals surface area (Å²) in [5, 5.41) is 2.92. The summed E-state index contributed by atoms with van der Waals surface area (Å²) < 4.78 is 40.1. The quantitative estimate of drug-likeness (QED) is 0.501. The maximum absolute atomic E-state index is 13.7. The van der Waals surface area contributed by atoms with E-state index >= 15 is 0 Å². The van der Waals surface area contributed by atoms with Gasteiger partial charge < -0.3 is 10.2 Å². The molecule has 0 aliphatic heterocycles. The zero-order valence-corrected chi connectivity index (χ0v) is 22.2. The van der Waals surface area contributed by atoms with E-state index in [0.29, 0.717) is 17.7 Å². The van der Waals surface area contributed by atoms with Gasteiger partial charge in [0.15, 0.2) is 0 Å². The van der Waals surface area contributed by atoms with Gasteiger partial charge >= 0.3 is 0 Å². The Bertz CT molecular complexity index is 1120. The first-order valence-electron chi connectivity index (χ1n) is 11.8. The van der Waals surface area contributed by atoms with Crippen LogP contribution in [0.25, 0.3) is 0 Å². The minimum absolute atomic E-state index is 0.0376. The molecule has 2 aromatic rings. The van der Waals surface area contributed by atoms with Gasteiger partial charge in [-0.3, -0.25) is 13.9 Å². The van der Waals surface area contributed by atoms with Crippen molar-refractivity contribution in [3.8, 4) is 0 Å². The number of para-hydroxylation sites is 1. The van der Waals surface area contributed by atoms with Crippen molar-refractivity contribution in [3.63, 3.8) is 0 Å². The largest absolute Gasteiger partial charge is 0.352 e. The number of nitrogens with zero attached hydrogens (tertiary/aromatic N) is 2. The highest BCUT2D eigenvalue weighted by atomic mass is 32.2. The molecule has 2 aromatic carbocycles. The third-order valence-corrected chi connectivity index (χ3v) is 7.13. The van der Waals surface area contributed by atoms with Gasteiger partial charge in [-0.1, -0.05) is 44.2 Å². The molecule has 0 aromatic heterocycles. The van der Waals surface area contributed by atoms with Crippen molar-refractivity contribution >= 4 is 27.5 Å². The van der Waals surface area contributed by atoms with Crippen LogP contribution in [0, 0.1) is 19.7 Å². The molecular weight excluding hydrogens is 469 g/mol. The van der Waals surface area contributed by atoms with E-state index in [0.717, 1.165) is 28.1 Å². The molecule has 35 heavy (non-hydrogen) atoms. The molecule has 192 valence electrons. The molecule has 0 unspecified atom stereocenters. The SMILES string of the molecule is CC[C@@H](C)NC(=O)[C@H](CC)N(Cc1ccc(F)cc1)C(=O)CN(c1c(C)cccc1C)S(C)(=O)=O. The molecule has 9 heteroatoms. The molecule has 0 aliphatic rings. The molecule has 0 radical (unpaired) electrons. The number of hydrogen-bond acceptors (Lipinski definition) is 4. The standard InChI is InChI=1S/C26H36FN3O4S/c1-7-20(5)28-26(32)23(8-2)29(16-21-12-14-22(27)15-13-21)24(31)17-30(35(6,33)34)25-18(3)10-9-11-19(25)4/h9-15,20,23H,7-8,16-17H2,1-6H3,(H,28,32)/t20-,23+/m1/s1. The number of nitrogens with one attached hydrogen (secondary N) is 1. The van der Waals surface area contributed by atoms with E-state index in [1.807, 2.05) is 19.9 Å². The van der Waals surface area contributed by atoms with Crippen LogP contribution in [0.2, 0.25) is 0 Å². The summed E-state index contributed by atoms with van der Waals surface area (Å²) in [6.45, 7) is 8.77. The molecule has 2 rings (SSSR count). The predicted octanol–water partition coefficient (Wildman–Crippen LogP) is 3.93. The lowest BCUT2D eigenvalue weighted by Gasteiger charge is -2.34. The van der Waals surface area contributed by atoms with Crippen molar-refractivity contribution in [1.82, 2.24) is 10.2 Å². The summed E-state index contributed by atoms with van der Waals surface area (Å²) in [6.07, 6.45) is 2.11. The van der Waals surface area contributed by atoms with Crippen LogP contribution in [-0.2, 0) is 26.2 Å². The number of hydrogen-bond donors (Lipinski definition) is 1. The van der Waals surface area contributed by atoms with Gasteiger partial charge in [-0.05, 0) is 62.4 Å². The van der Waals surface area contributed by atoms with Crippen LogP contribution >= 0.6 is 0 Å². The van der Waals surface area contributed by atoms with E-state index in [2.05, 4.69) is 5.32 Å². The molecular formula is C26H36FN3O4S. The average molecular weight is 506 g/mol. The smallest absolute Gasteiger partial charge is 0.244 e. The highest BCUT2D eigenvalue weighted by molar-refractivity contribution is 7.92. The van der Waals surface area contributed by atoms with Crippen molar-refractivity contribution in [2.75, 3.05) is 17.1 Å². The fourth-order valence-electron chi connectivity index (χ4n) is 3.92. The number of sulfonamides is 1. The molecule has 0 aliphatic carbocycles. The summed E-state index contributed by atoms with van der Waals surface area (Å²) in [6, 6.07) is 10.2. The molecule has 0 spiro atoms. The van der Waals surface area contributed by atoms with Crippen LogP contribution in [0.1, 0.15) is 50.3 Å². The zero-order valence-electron chi connectivity index (χ0n) is 21.3. The zero-order chi connectivity index (χ0) is 26.3. The number of aryl methyl sites for hydroxylation is 2. The van der Waals surface area contributed by atoms with E-state index < -0.39 is 34.3 Å². The van der Waals surface area contributed by atoms with E-state index in [1.165, 1.54) is 17.0 Å². The number of halogens is 1. The molecule has 0 saturated carbocycles. The Labute approximate surface area is 208 Å². The molecule has 0 fully saturated rings. The first-order valence-corrected chi connectivity index (χ1v) is 13.6. The van der Waals surface area contributed by atoms with Crippen LogP contribution in [0.3, 0.4) is 0 Å². The van der Waals surface area contributed by atoms with Crippen LogP contribution in [0.15, 0.2) is 42.5 Å². The monoisotopic (exact) mass is 505 g/mol. The number of benzene rings is 2. The van der Waals surface area contributed by atoms with E-state index in [-0.39, 0.29) is 18.5 Å². The maximum Gasteiger partial charge on any atom is 0.244 e. The van der Waals surface area contributed by atoms with Gasteiger partial charge in [0, 0.05) is 12.6 Å². The predicted molar refractivity (Wildman–Crippen MR) is 137 cm³/mol. The van der Waals surface area contributed by atoms with Crippen LogP contribution in [-0.4, -0.2) is 50.0 Å². The molecule has 2 amide bonds. The topological polar surface area (TPSA) is 86.8 Å². The van der Waals surface area contributed by atoms with Gasteiger partial charge in [0.1, 0.15) is 18.4 Å². The van der Waals surface area contributed by atoms with Gasteiger partial charge in [-0.25, -0.2) is 12.8 Å². The second kappa shape index (κ2) is 12.2. The Morgan fingerprint density at radius 2 is 1.57 bits per heavy atom. The molecule has 0 heterocycles. The summed E-state index contributed by atoms with van der Waals surface area (Å²) in [4.78, 5) is 28.2. The Hall–Kier alpha value is -2.94. The average Bonchev–Trinajstić information content (AvgIpc) is 2.78. The molecule has 2 atom stereocenters. The number of carbonyl (C=O) groups excluding carboxylic acids is 2. The molecule has 1 N–H and O–H groups in total. The van der Waals surface area contributed by atoms with Crippen molar-refractivity contribution in [2.24, 2.45) is 0 Å². The first-order chi connectivity index (χ1) is 16.4. The minimum Gasteiger partial charge on any atom is -0.352 e. The number of carbonyl (C=O) groups is 2. The fraction of sp³-hybridized carbons (Fsp3) is 0.462. The number of amides is 2. The second-order valence-corrected chi connectivity index (χ2v) is 10.8. The molecule has 0 bridgehead atoms. The van der Waals surface area contributed by atoms with Crippen LogP contribution in [0.5, 0.6) is 0 Å². The number of anilines is 1. The van der Waals surface area contributed by atoms with Gasteiger partial charge in [0.25, 0.3) is 0 Å². The van der Waals surface area contributed by atoms with E-state index in [4.69, 9.17) is 0 Å². The van der Waals surface area contributed by atoms with Crippen molar-refractivity contribution in [2.45, 2.75) is 66.1 Å². The van der Waals surface area contributed by atoms with Gasteiger partial charge in [-0.15, -0.1) is 0 Å². The van der Waals surface area contributed by atoms with E-state index in [9.17, 15) is 22.4 Å². The van der Waals surface area contributed by atoms with Gasteiger partial charge in [-0.2, -0.15) is 0 Å². The summed E-state index contributed by atoms with van der Waals surface area (Å²) in [7, 11) is -3.81.